The minimum Gasteiger partial charge on any atom is -0.361 e. The molecule has 2 aromatic rings. The van der Waals surface area contributed by atoms with Crippen molar-refractivity contribution in [3.63, 3.8) is 0 Å². The molecule has 86 valence electrons. The van der Waals surface area contributed by atoms with E-state index in [0.29, 0.717) is 0 Å². The van der Waals surface area contributed by atoms with E-state index < -0.39 is 0 Å². The Morgan fingerprint density at radius 3 is 2.62 bits per heavy atom. The molecule has 0 aliphatic heterocycles. The smallest absolute Gasteiger partial charge is 0.0476 e. The summed E-state index contributed by atoms with van der Waals surface area (Å²) in [7, 11) is 0. The van der Waals surface area contributed by atoms with Crippen LogP contribution < -0.4 is 5.32 Å². The van der Waals surface area contributed by atoms with Gasteiger partial charge in [0.2, 0.25) is 0 Å². The highest BCUT2D eigenvalue weighted by atomic mass is 14.9. The third-order valence-electron chi connectivity index (χ3n) is 1.94. The van der Waals surface area contributed by atoms with Gasteiger partial charge in [0.25, 0.3) is 0 Å². The molecule has 0 amide bonds. The Labute approximate surface area is 97.4 Å². The number of allylic oxidation sites excluding steroid dienone is 1. The third kappa shape index (κ3) is 3.16. The molecular formula is C14H20N2. The third-order valence-corrected chi connectivity index (χ3v) is 1.94. The molecule has 0 bridgehead atoms. The molecule has 0 atom stereocenters. The maximum atomic E-state index is 3.82. The van der Waals surface area contributed by atoms with Crippen molar-refractivity contribution >= 4 is 16.6 Å². The lowest BCUT2D eigenvalue weighted by Crippen LogP contribution is -1.93. The monoisotopic (exact) mass is 216 g/mol. The fraction of sp³-hybridized carbons (Fsp3) is 0.286. The van der Waals surface area contributed by atoms with Crippen LogP contribution in [0.4, 0.5) is 5.69 Å². The summed E-state index contributed by atoms with van der Waals surface area (Å²) in [6.07, 6.45) is 3.19. The average molecular weight is 216 g/mol. The van der Waals surface area contributed by atoms with Crippen molar-refractivity contribution in [2.45, 2.75) is 27.2 Å². The molecule has 0 spiro atoms. The quantitative estimate of drug-likeness (QED) is 0.758. The van der Waals surface area contributed by atoms with Gasteiger partial charge in [-0.3, -0.25) is 0 Å². The zero-order valence-electron chi connectivity index (χ0n) is 10.3. The summed E-state index contributed by atoms with van der Waals surface area (Å²) >= 11 is 0. The van der Waals surface area contributed by atoms with E-state index in [1.165, 1.54) is 11.8 Å². The lowest BCUT2D eigenvalue weighted by atomic mass is 10.2. The van der Waals surface area contributed by atoms with E-state index in [1.807, 2.05) is 25.3 Å². The van der Waals surface area contributed by atoms with Crippen LogP contribution in [0.5, 0.6) is 0 Å². The zero-order chi connectivity index (χ0) is 12.0. The Morgan fingerprint density at radius 2 is 2.00 bits per heavy atom. The number of hydrogen-bond donors (Lipinski definition) is 2. The molecule has 1 heterocycles. The van der Waals surface area contributed by atoms with Gasteiger partial charge in [-0.25, -0.2) is 0 Å². The van der Waals surface area contributed by atoms with Crippen molar-refractivity contribution in [2.75, 3.05) is 5.32 Å². The molecule has 0 aliphatic rings. The summed E-state index contributed by atoms with van der Waals surface area (Å²) in [5, 5.41) is 4.42. The highest BCUT2D eigenvalue weighted by molar-refractivity contribution is 5.92. The first kappa shape index (κ1) is 12.4. The van der Waals surface area contributed by atoms with E-state index >= 15 is 0 Å². The Balaban J connectivity index is 0.000000386. The first-order valence-electron chi connectivity index (χ1n) is 5.67. The lowest BCUT2D eigenvalue weighted by molar-refractivity contribution is 1.09. The van der Waals surface area contributed by atoms with Gasteiger partial charge in [0, 0.05) is 28.5 Å². The maximum absolute atomic E-state index is 3.82. The van der Waals surface area contributed by atoms with Gasteiger partial charge in [-0.2, -0.15) is 0 Å². The molecule has 2 heteroatoms. The van der Waals surface area contributed by atoms with Gasteiger partial charge in [0.05, 0.1) is 0 Å². The predicted molar refractivity (Wildman–Crippen MR) is 72.7 cm³/mol. The van der Waals surface area contributed by atoms with E-state index in [2.05, 4.69) is 42.9 Å². The van der Waals surface area contributed by atoms with Gasteiger partial charge in [-0.1, -0.05) is 32.9 Å². The molecule has 1 aromatic carbocycles. The Bertz CT molecular complexity index is 454. The summed E-state index contributed by atoms with van der Waals surface area (Å²) in [6.45, 7) is 10.0. The lowest BCUT2D eigenvalue weighted by Gasteiger charge is -2.05. The van der Waals surface area contributed by atoms with Crippen molar-refractivity contribution in [2.24, 2.45) is 0 Å². The van der Waals surface area contributed by atoms with Crippen molar-refractivity contribution in [3.8, 4) is 0 Å². The number of H-pyrrole nitrogens is 1. The van der Waals surface area contributed by atoms with E-state index in [4.69, 9.17) is 0 Å². The van der Waals surface area contributed by atoms with Crippen LogP contribution >= 0.6 is 0 Å². The largest absolute Gasteiger partial charge is 0.361 e. The van der Waals surface area contributed by atoms with Crippen molar-refractivity contribution < 1.29 is 0 Å². The molecule has 2 nitrogen and oxygen atoms in total. The zero-order valence-corrected chi connectivity index (χ0v) is 10.3. The van der Waals surface area contributed by atoms with Crippen LogP contribution in [0.25, 0.3) is 10.9 Å². The Kier molecular flexibility index (Phi) is 4.65. The number of benzene rings is 1. The second-order valence-corrected chi connectivity index (χ2v) is 3.86. The molecule has 0 saturated carbocycles. The van der Waals surface area contributed by atoms with Crippen molar-refractivity contribution in [1.29, 1.82) is 0 Å². The fourth-order valence-electron chi connectivity index (χ4n) is 1.42. The van der Waals surface area contributed by atoms with Gasteiger partial charge >= 0.3 is 0 Å². The average Bonchev–Trinajstić information content (AvgIpc) is 2.67. The highest BCUT2D eigenvalue weighted by Gasteiger charge is 1.99. The number of rotatable bonds is 2. The number of hydrogen-bond acceptors (Lipinski definition) is 1. The van der Waals surface area contributed by atoms with E-state index in [1.54, 1.807) is 0 Å². The first-order chi connectivity index (χ1) is 7.69. The van der Waals surface area contributed by atoms with Crippen LogP contribution in [-0.2, 0) is 0 Å². The second kappa shape index (κ2) is 6.01. The summed E-state index contributed by atoms with van der Waals surface area (Å²) < 4.78 is 0. The molecule has 1 aromatic heterocycles. The van der Waals surface area contributed by atoms with Crippen molar-refractivity contribution in [1.82, 2.24) is 4.98 Å². The van der Waals surface area contributed by atoms with Gasteiger partial charge in [-0.15, -0.1) is 0 Å². The molecule has 0 unspecified atom stereocenters. The summed E-state index contributed by atoms with van der Waals surface area (Å²) in [6, 6.07) is 8.18. The van der Waals surface area contributed by atoms with Gasteiger partial charge < -0.3 is 10.3 Å². The van der Waals surface area contributed by atoms with Crippen LogP contribution in [0, 0.1) is 0 Å². The fourth-order valence-corrected chi connectivity index (χ4v) is 1.42. The summed E-state index contributed by atoms with van der Waals surface area (Å²) in [5.41, 5.74) is 3.20. The van der Waals surface area contributed by atoms with Gasteiger partial charge in [0.15, 0.2) is 0 Å². The molecule has 0 fully saturated rings. The molecule has 0 saturated heterocycles. The van der Waals surface area contributed by atoms with Crippen LogP contribution in [0.3, 0.4) is 0 Å². The van der Waals surface area contributed by atoms with Crippen LogP contribution in [0.1, 0.15) is 27.2 Å². The second-order valence-electron chi connectivity index (χ2n) is 3.86. The van der Waals surface area contributed by atoms with E-state index in [9.17, 15) is 0 Å². The maximum Gasteiger partial charge on any atom is 0.0476 e. The molecule has 2 N–H and O–H groups in total. The topological polar surface area (TPSA) is 27.8 Å². The molecule has 16 heavy (non-hydrogen) atoms. The SMILES string of the molecule is C=C(C)Nc1cccc2[nH]ccc12.CCC. The number of aromatic nitrogens is 1. The minimum absolute atomic E-state index is 0.952. The van der Waals surface area contributed by atoms with Gasteiger partial charge in [0.1, 0.15) is 0 Å². The molecule has 0 radical (unpaired) electrons. The van der Waals surface area contributed by atoms with Crippen LogP contribution in [0.15, 0.2) is 42.7 Å². The van der Waals surface area contributed by atoms with Crippen LogP contribution in [-0.4, -0.2) is 4.98 Å². The first-order valence-corrected chi connectivity index (χ1v) is 5.67. The number of aromatic amines is 1. The normalized spacial score (nSPS) is 9.44. The Morgan fingerprint density at radius 1 is 1.31 bits per heavy atom. The molecule has 2 rings (SSSR count). The summed E-state index contributed by atoms with van der Waals surface area (Å²) in [4.78, 5) is 3.16. The van der Waals surface area contributed by atoms with Crippen molar-refractivity contribution in [3.05, 3.63) is 42.7 Å². The predicted octanol–water partition coefficient (Wildman–Crippen LogP) is 4.53. The number of nitrogens with one attached hydrogen (secondary N) is 2. The number of fused-ring (bicyclic) bond motifs is 1. The number of anilines is 1. The highest BCUT2D eigenvalue weighted by Crippen LogP contribution is 2.22. The Hall–Kier alpha value is -1.70. The van der Waals surface area contributed by atoms with E-state index in [0.717, 1.165) is 16.9 Å². The van der Waals surface area contributed by atoms with Crippen LogP contribution in [0.2, 0.25) is 0 Å². The standard InChI is InChI=1S/C11H12N2.C3H8/c1-8(2)13-11-5-3-4-10-9(11)6-7-12-10;1-3-2/h3-7,12-13H,1H2,2H3;3H2,1-2H3. The molecular weight excluding hydrogens is 196 g/mol. The molecule has 0 aliphatic carbocycles. The minimum atomic E-state index is 0.952. The summed E-state index contributed by atoms with van der Waals surface area (Å²) in [5.74, 6) is 0. The van der Waals surface area contributed by atoms with Gasteiger partial charge in [-0.05, 0) is 25.1 Å². The van der Waals surface area contributed by atoms with E-state index in [-0.39, 0.29) is 0 Å².